The lowest BCUT2D eigenvalue weighted by atomic mass is 10.1. The molecule has 0 saturated heterocycles. The molecule has 0 aliphatic rings. The summed E-state index contributed by atoms with van der Waals surface area (Å²) in [6.45, 7) is 21.3. The van der Waals surface area contributed by atoms with E-state index in [9.17, 15) is 13.2 Å². The van der Waals surface area contributed by atoms with Gasteiger partial charge in [0.25, 0.3) is 0 Å². The van der Waals surface area contributed by atoms with E-state index in [4.69, 9.17) is 0 Å². The number of carbonyl (C=O) groups is 1. The van der Waals surface area contributed by atoms with E-state index in [1.54, 1.807) is 11.2 Å². The van der Waals surface area contributed by atoms with Gasteiger partial charge in [-0.25, -0.2) is 12.7 Å². The van der Waals surface area contributed by atoms with E-state index < -0.39 is 10.0 Å². The van der Waals surface area contributed by atoms with Crippen LogP contribution in [-0.4, -0.2) is 56.0 Å². The van der Waals surface area contributed by atoms with Gasteiger partial charge in [-0.15, -0.1) is 0 Å². The summed E-state index contributed by atoms with van der Waals surface area (Å²) in [6, 6.07) is 0. The molecule has 0 unspecified atom stereocenters. The maximum Gasteiger partial charge on any atom is 0.219 e. The highest BCUT2D eigenvalue weighted by Gasteiger charge is 2.18. The van der Waals surface area contributed by atoms with Gasteiger partial charge in [0.05, 0.1) is 6.26 Å². The molecule has 0 heterocycles. The number of nitrogens with zero attached hydrogens (tertiary/aromatic N) is 2. The van der Waals surface area contributed by atoms with Gasteiger partial charge in [-0.3, -0.25) is 4.79 Å². The van der Waals surface area contributed by atoms with Crippen molar-refractivity contribution in [3.8, 4) is 0 Å². The number of hydrogen-bond donors (Lipinski definition) is 0. The lowest BCUT2D eigenvalue weighted by Gasteiger charge is -2.24. The molecule has 0 aromatic carbocycles. The van der Waals surface area contributed by atoms with Crippen LogP contribution in [0.15, 0.2) is 0 Å². The van der Waals surface area contributed by atoms with Crippen LogP contribution in [0.25, 0.3) is 0 Å². The maximum absolute atomic E-state index is 11.3. The summed E-state index contributed by atoms with van der Waals surface area (Å²) in [4.78, 5) is 13.1. The Labute approximate surface area is 171 Å². The summed E-state index contributed by atoms with van der Waals surface area (Å²) in [5, 5.41) is 0. The van der Waals surface area contributed by atoms with Crippen LogP contribution in [0.4, 0.5) is 0 Å². The standard InChI is InChI=1S/C10H21NO.C9H21NO2S.2CH4/c1-8(2)6-11(10(5)12)7-9(3)4;1-8(2)6-10(7-9(3)4)13(5,11)12;;/h8-9H,6-7H2,1-5H3;8-9H,6-7H2,1-5H3;2*1H4. The summed E-state index contributed by atoms with van der Waals surface area (Å²) in [5.74, 6) is 2.08. The Balaban J connectivity index is -0.000000183. The lowest BCUT2D eigenvalue weighted by molar-refractivity contribution is -0.129. The molecule has 0 fully saturated rings. The first-order chi connectivity index (χ1) is 11.2. The third kappa shape index (κ3) is 21.5. The topological polar surface area (TPSA) is 57.7 Å². The molecule has 0 aromatic heterocycles. The number of amides is 1. The van der Waals surface area contributed by atoms with E-state index in [0.29, 0.717) is 36.8 Å². The van der Waals surface area contributed by atoms with Crippen LogP contribution in [0.1, 0.15) is 77.2 Å². The SMILES string of the molecule is C.C.CC(=O)N(CC(C)C)CC(C)C.CC(C)CN(CC(C)C)S(C)(=O)=O. The van der Waals surface area contributed by atoms with Crippen molar-refractivity contribution < 1.29 is 13.2 Å². The normalized spacial score (nSPS) is 11.2. The molecule has 0 atom stereocenters. The second kappa shape index (κ2) is 16.3. The Morgan fingerprint density at radius 1 is 0.704 bits per heavy atom. The third-order valence-corrected chi connectivity index (χ3v) is 4.46. The van der Waals surface area contributed by atoms with E-state index in [2.05, 4.69) is 27.7 Å². The zero-order valence-corrected chi connectivity index (χ0v) is 19.0. The number of rotatable bonds is 9. The third-order valence-electron chi connectivity index (χ3n) is 3.22. The Bertz CT molecular complexity index is 438. The minimum Gasteiger partial charge on any atom is -0.342 e. The minimum atomic E-state index is -3.02. The molecule has 0 aliphatic carbocycles. The average Bonchev–Trinajstić information content (AvgIpc) is 2.34. The van der Waals surface area contributed by atoms with Gasteiger partial charge in [0.15, 0.2) is 0 Å². The molecule has 1 amide bonds. The van der Waals surface area contributed by atoms with E-state index in [1.807, 2.05) is 32.6 Å². The van der Waals surface area contributed by atoms with Gasteiger partial charge in [-0.05, 0) is 23.7 Å². The van der Waals surface area contributed by atoms with Crippen LogP contribution in [0.5, 0.6) is 0 Å². The molecule has 0 aliphatic heterocycles. The fraction of sp³-hybridized carbons (Fsp3) is 0.952. The van der Waals surface area contributed by atoms with Gasteiger partial charge in [0.1, 0.15) is 0 Å². The van der Waals surface area contributed by atoms with Gasteiger partial charge in [0.2, 0.25) is 15.9 Å². The average molecular weight is 411 g/mol. The van der Waals surface area contributed by atoms with Crippen LogP contribution in [-0.2, 0) is 14.8 Å². The Hall–Kier alpha value is -0.620. The minimum absolute atomic E-state index is 0. The fourth-order valence-corrected chi connectivity index (χ4v) is 3.51. The maximum atomic E-state index is 11.3. The molecular formula is C21H50N2O3S. The molecule has 168 valence electrons. The zero-order chi connectivity index (χ0) is 20.4. The van der Waals surface area contributed by atoms with Crippen molar-refractivity contribution in [2.24, 2.45) is 23.7 Å². The highest BCUT2D eigenvalue weighted by atomic mass is 32.2. The largest absolute Gasteiger partial charge is 0.342 e. The molecular weight excluding hydrogens is 360 g/mol. The van der Waals surface area contributed by atoms with Crippen molar-refractivity contribution in [3.05, 3.63) is 0 Å². The molecule has 6 heteroatoms. The van der Waals surface area contributed by atoms with Crippen molar-refractivity contribution in [1.82, 2.24) is 9.21 Å². The van der Waals surface area contributed by atoms with Crippen LogP contribution < -0.4 is 0 Å². The van der Waals surface area contributed by atoms with Gasteiger partial charge < -0.3 is 4.90 Å². The smallest absolute Gasteiger partial charge is 0.219 e. The molecule has 5 nitrogen and oxygen atoms in total. The van der Waals surface area contributed by atoms with Crippen LogP contribution in [0.3, 0.4) is 0 Å². The molecule has 0 aromatic rings. The molecule has 0 N–H and O–H groups in total. The van der Waals surface area contributed by atoms with Crippen molar-refractivity contribution in [1.29, 1.82) is 0 Å². The van der Waals surface area contributed by atoms with Crippen LogP contribution >= 0.6 is 0 Å². The molecule has 27 heavy (non-hydrogen) atoms. The molecule has 0 spiro atoms. The number of carbonyl (C=O) groups excluding carboxylic acids is 1. The molecule has 0 saturated carbocycles. The van der Waals surface area contributed by atoms with E-state index in [0.717, 1.165) is 13.1 Å². The first-order valence-corrected chi connectivity index (χ1v) is 11.2. The van der Waals surface area contributed by atoms with E-state index >= 15 is 0 Å². The Kier molecular flexibility index (Phi) is 20.5. The zero-order valence-electron chi connectivity index (χ0n) is 18.2. The van der Waals surface area contributed by atoms with Gasteiger partial charge in [-0.2, -0.15) is 0 Å². The summed E-state index contributed by atoms with van der Waals surface area (Å²) in [7, 11) is -3.02. The van der Waals surface area contributed by atoms with E-state index in [1.165, 1.54) is 6.26 Å². The van der Waals surface area contributed by atoms with Gasteiger partial charge in [-0.1, -0.05) is 70.2 Å². The second-order valence-electron chi connectivity index (χ2n) is 8.58. The lowest BCUT2D eigenvalue weighted by Crippen LogP contribution is -2.36. The Morgan fingerprint density at radius 2 is 0.963 bits per heavy atom. The summed E-state index contributed by atoms with van der Waals surface area (Å²) in [6.07, 6.45) is 1.28. The van der Waals surface area contributed by atoms with Crippen molar-refractivity contribution in [2.45, 2.75) is 77.2 Å². The van der Waals surface area contributed by atoms with E-state index in [-0.39, 0.29) is 20.8 Å². The molecule has 0 rings (SSSR count). The monoisotopic (exact) mass is 410 g/mol. The summed E-state index contributed by atoms with van der Waals surface area (Å²) >= 11 is 0. The van der Waals surface area contributed by atoms with Crippen molar-refractivity contribution in [3.63, 3.8) is 0 Å². The predicted molar refractivity (Wildman–Crippen MR) is 121 cm³/mol. The van der Waals surface area contributed by atoms with Crippen LogP contribution in [0, 0.1) is 23.7 Å². The quantitative estimate of drug-likeness (QED) is 0.538. The second-order valence-corrected chi connectivity index (χ2v) is 10.6. The number of hydrogen-bond acceptors (Lipinski definition) is 3. The highest BCUT2D eigenvalue weighted by molar-refractivity contribution is 7.88. The predicted octanol–water partition coefficient (Wildman–Crippen LogP) is 4.98. The highest BCUT2D eigenvalue weighted by Crippen LogP contribution is 2.07. The summed E-state index contributed by atoms with van der Waals surface area (Å²) in [5.41, 5.74) is 0. The molecule has 0 bridgehead atoms. The molecule has 0 radical (unpaired) electrons. The number of sulfonamides is 1. The first kappa shape index (κ1) is 33.9. The van der Waals surface area contributed by atoms with Gasteiger partial charge in [0, 0.05) is 33.1 Å². The fourth-order valence-electron chi connectivity index (χ4n) is 2.37. The first-order valence-electron chi connectivity index (χ1n) is 9.37. The van der Waals surface area contributed by atoms with Crippen molar-refractivity contribution in [2.75, 3.05) is 32.4 Å². The Morgan fingerprint density at radius 3 is 1.11 bits per heavy atom. The van der Waals surface area contributed by atoms with Crippen molar-refractivity contribution >= 4 is 15.9 Å². The van der Waals surface area contributed by atoms with Crippen LogP contribution in [0.2, 0.25) is 0 Å². The summed E-state index contributed by atoms with van der Waals surface area (Å²) < 4.78 is 24.2. The van der Waals surface area contributed by atoms with Gasteiger partial charge >= 0.3 is 0 Å².